The molecule has 1 aliphatic rings. The molecule has 0 aromatic rings. The smallest absolute Gasteiger partial charge is 0.0159 e. The number of nitrogens with zero attached hydrogens (tertiary/aromatic N) is 2. The third-order valence-corrected chi connectivity index (χ3v) is 4.26. The van der Waals surface area contributed by atoms with Gasteiger partial charge in [-0.2, -0.15) is 0 Å². The zero-order valence-electron chi connectivity index (χ0n) is 12.2. The van der Waals surface area contributed by atoms with Gasteiger partial charge < -0.3 is 9.80 Å². The third kappa shape index (κ3) is 7.75. The van der Waals surface area contributed by atoms with Gasteiger partial charge in [0.2, 0.25) is 0 Å². The summed E-state index contributed by atoms with van der Waals surface area (Å²) in [6, 6.07) is 0. The Morgan fingerprint density at radius 1 is 0.778 bits per heavy atom. The first-order chi connectivity index (χ1) is 8.86. The molecule has 0 atom stereocenters. The molecule has 1 saturated heterocycles. The van der Waals surface area contributed by atoms with Crippen LogP contribution in [-0.2, 0) is 0 Å². The standard InChI is InChI=1S/C15H31BrN2/c1-2-3-4-5-6-7-10-17-11-8-12-18(13-9-16)15-14-17/h2-15H2,1H3. The van der Waals surface area contributed by atoms with Gasteiger partial charge in [0.15, 0.2) is 0 Å². The number of hydrogen-bond donors (Lipinski definition) is 0. The summed E-state index contributed by atoms with van der Waals surface area (Å²) in [5, 5.41) is 1.12. The number of unbranched alkanes of at least 4 members (excludes halogenated alkanes) is 5. The Hall–Kier alpha value is 0.400. The van der Waals surface area contributed by atoms with Crippen molar-refractivity contribution >= 4 is 15.9 Å². The van der Waals surface area contributed by atoms with Crippen LogP contribution in [0.25, 0.3) is 0 Å². The second-order valence-electron chi connectivity index (χ2n) is 5.49. The molecule has 0 spiro atoms. The number of rotatable bonds is 9. The van der Waals surface area contributed by atoms with Crippen molar-refractivity contribution in [1.82, 2.24) is 9.80 Å². The lowest BCUT2D eigenvalue weighted by Crippen LogP contribution is -2.32. The van der Waals surface area contributed by atoms with Crippen LogP contribution in [0.5, 0.6) is 0 Å². The summed E-state index contributed by atoms with van der Waals surface area (Å²) in [5.74, 6) is 0. The van der Waals surface area contributed by atoms with Crippen molar-refractivity contribution in [1.29, 1.82) is 0 Å². The molecule has 1 fully saturated rings. The summed E-state index contributed by atoms with van der Waals surface area (Å²) in [5.41, 5.74) is 0. The highest BCUT2D eigenvalue weighted by Gasteiger charge is 2.13. The molecule has 1 heterocycles. The van der Waals surface area contributed by atoms with Crippen LogP contribution in [0.15, 0.2) is 0 Å². The van der Waals surface area contributed by atoms with E-state index < -0.39 is 0 Å². The van der Waals surface area contributed by atoms with Crippen LogP contribution in [-0.4, -0.2) is 54.4 Å². The van der Waals surface area contributed by atoms with Gasteiger partial charge in [0.25, 0.3) is 0 Å². The lowest BCUT2D eigenvalue weighted by atomic mass is 10.1. The molecule has 1 aliphatic heterocycles. The molecule has 0 saturated carbocycles. The Kier molecular flexibility index (Phi) is 10.3. The van der Waals surface area contributed by atoms with Crippen LogP contribution in [0.1, 0.15) is 51.9 Å². The van der Waals surface area contributed by atoms with Gasteiger partial charge in [0.05, 0.1) is 0 Å². The molecule has 0 unspecified atom stereocenters. The van der Waals surface area contributed by atoms with Gasteiger partial charge in [-0.1, -0.05) is 55.0 Å². The quantitative estimate of drug-likeness (QED) is 0.472. The van der Waals surface area contributed by atoms with E-state index in [1.165, 1.54) is 84.2 Å². The van der Waals surface area contributed by atoms with Crippen LogP contribution in [0, 0.1) is 0 Å². The average molecular weight is 319 g/mol. The summed E-state index contributed by atoms with van der Waals surface area (Å²) < 4.78 is 0. The lowest BCUT2D eigenvalue weighted by molar-refractivity contribution is 0.260. The Morgan fingerprint density at radius 3 is 2.06 bits per heavy atom. The van der Waals surface area contributed by atoms with Crippen LogP contribution < -0.4 is 0 Å². The molecule has 2 nitrogen and oxygen atoms in total. The molecule has 0 aromatic heterocycles. The minimum atomic E-state index is 1.12. The highest BCUT2D eigenvalue weighted by Crippen LogP contribution is 2.08. The highest BCUT2D eigenvalue weighted by molar-refractivity contribution is 9.09. The van der Waals surface area contributed by atoms with Crippen LogP contribution in [0.3, 0.4) is 0 Å². The van der Waals surface area contributed by atoms with Crippen molar-refractivity contribution in [2.45, 2.75) is 51.9 Å². The van der Waals surface area contributed by atoms with E-state index >= 15 is 0 Å². The molecule has 0 radical (unpaired) electrons. The number of halogens is 1. The van der Waals surface area contributed by atoms with Gasteiger partial charge in [0.1, 0.15) is 0 Å². The third-order valence-electron chi connectivity index (χ3n) is 3.91. The molecule has 0 N–H and O–H groups in total. The molecule has 1 rings (SSSR count). The van der Waals surface area contributed by atoms with E-state index in [1.54, 1.807) is 0 Å². The van der Waals surface area contributed by atoms with Crippen molar-refractivity contribution in [2.75, 3.05) is 44.6 Å². The summed E-state index contributed by atoms with van der Waals surface area (Å²) in [6.07, 6.45) is 9.85. The van der Waals surface area contributed by atoms with Crippen LogP contribution in [0.4, 0.5) is 0 Å². The van der Waals surface area contributed by atoms with Crippen LogP contribution >= 0.6 is 15.9 Å². The second-order valence-corrected chi connectivity index (χ2v) is 6.29. The van der Waals surface area contributed by atoms with E-state index in [9.17, 15) is 0 Å². The van der Waals surface area contributed by atoms with Gasteiger partial charge in [0, 0.05) is 25.0 Å². The lowest BCUT2D eigenvalue weighted by Gasteiger charge is -2.21. The van der Waals surface area contributed by atoms with E-state index in [4.69, 9.17) is 0 Å². The molecule has 108 valence electrons. The van der Waals surface area contributed by atoms with Gasteiger partial charge >= 0.3 is 0 Å². The maximum absolute atomic E-state index is 3.54. The van der Waals surface area contributed by atoms with Crippen molar-refractivity contribution in [3.63, 3.8) is 0 Å². The zero-order valence-corrected chi connectivity index (χ0v) is 13.8. The minimum Gasteiger partial charge on any atom is -0.302 e. The first-order valence-corrected chi connectivity index (χ1v) is 8.99. The Labute approximate surface area is 122 Å². The van der Waals surface area contributed by atoms with E-state index in [2.05, 4.69) is 32.7 Å². The molecule has 0 bridgehead atoms. The van der Waals surface area contributed by atoms with Crippen molar-refractivity contribution in [2.24, 2.45) is 0 Å². The van der Waals surface area contributed by atoms with Gasteiger partial charge in [-0.3, -0.25) is 0 Å². The fraction of sp³-hybridized carbons (Fsp3) is 1.00. The fourth-order valence-corrected chi connectivity index (χ4v) is 3.21. The van der Waals surface area contributed by atoms with Crippen molar-refractivity contribution in [3.8, 4) is 0 Å². The summed E-state index contributed by atoms with van der Waals surface area (Å²) >= 11 is 3.54. The van der Waals surface area contributed by atoms with Crippen LogP contribution in [0.2, 0.25) is 0 Å². The average Bonchev–Trinajstić information content (AvgIpc) is 2.60. The number of hydrogen-bond acceptors (Lipinski definition) is 2. The maximum Gasteiger partial charge on any atom is 0.0159 e. The number of alkyl halides is 1. The molecule has 0 amide bonds. The van der Waals surface area contributed by atoms with E-state index in [0.717, 1.165) is 5.33 Å². The van der Waals surface area contributed by atoms with E-state index in [1.807, 2.05) is 0 Å². The van der Waals surface area contributed by atoms with Gasteiger partial charge in [-0.25, -0.2) is 0 Å². The fourth-order valence-electron chi connectivity index (χ4n) is 2.71. The monoisotopic (exact) mass is 318 g/mol. The summed E-state index contributed by atoms with van der Waals surface area (Å²) in [7, 11) is 0. The maximum atomic E-state index is 3.54. The Bertz CT molecular complexity index is 187. The first kappa shape index (κ1) is 16.5. The summed E-state index contributed by atoms with van der Waals surface area (Å²) in [4.78, 5) is 5.27. The first-order valence-electron chi connectivity index (χ1n) is 7.87. The molecule has 18 heavy (non-hydrogen) atoms. The highest BCUT2D eigenvalue weighted by atomic mass is 79.9. The zero-order chi connectivity index (χ0) is 13.1. The normalized spacial score (nSPS) is 19.0. The molecule has 0 aliphatic carbocycles. The Balaban J connectivity index is 2.01. The van der Waals surface area contributed by atoms with Gasteiger partial charge in [-0.15, -0.1) is 0 Å². The molecule has 3 heteroatoms. The van der Waals surface area contributed by atoms with E-state index in [-0.39, 0.29) is 0 Å². The second kappa shape index (κ2) is 11.2. The topological polar surface area (TPSA) is 6.48 Å². The van der Waals surface area contributed by atoms with E-state index in [0.29, 0.717) is 0 Å². The Morgan fingerprint density at radius 2 is 1.39 bits per heavy atom. The predicted octanol–water partition coefficient (Wildman–Crippen LogP) is 3.75. The predicted molar refractivity (Wildman–Crippen MR) is 84.7 cm³/mol. The van der Waals surface area contributed by atoms with Crippen molar-refractivity contribution < 1.29 is 0 Å². The summed E-state index contributed by atoms with van der Waals surface area (Å²) in [6.45, 7) is 9.98. The van der Waals surface area contributed by atoms with Crippen molar-refractivity contribution in [3.05, 3.63) is 0 Å². The van der Waals surface area contributed by atoms with Gasteiger partial charge in [-0.05, 0) is 32.5 Å². The largest absolute Gasteiger partial charge is 0.302 e. The SMILES string of the molecule is CCCCCCCCN1CCCN(CCBr)CC1. The molecular weight excluding hydrogens is 288 g/mol. The minimum absolute atomic E-state index is 1.12. The molecular formula is C15H31BrN2. The molecule has 0 aromatic carbocycles.